The number of hydrogen-bond donors (Lipinski definition) is 1. The number of carbonyl (C=O) groups excluding carboxylic acids is 2. The van der Waals surface area contributed by atoms with Gasteiger partial charge in [0.05, 0.1) is 5.52 Å². The second-order valence-electron chi connectivity index (χ2n) is 6.33. The zero-order valence-corrected chi connectivity index (χ0v) is 15.1. The summed E-state index contributed by atoms with van der Waals surface area (Å²) in [7, 11) is 0. The van der Waals surface area contributed by atoms with Crippen LogP contribution in [0.15, 0.2) is 47.8 Å². The van der Waals surface area contributed by atoms with E-state index >= 15 is 0 Å². The smallest absolute Gasteiger partial charge is 0.269 e. The minimum atomic E-state index is -0.248. The van der Waals surface area contributed by atoms with E-state index in [1.54, 1.807) is 17.4 Å². The number of rotatable bonds is 4. The van der Waals surface area contributed by atoms with Crippen molar-refractivity contribution in [3.63, 3.8) is 0 Å². The highest BCUT2D eigenvalue weighted by molar-refractivity contribution is 7.10. The van der Waals surface area contributed by atoms with Crippen LogP contribution in [0.4, 0.5) is 0 Å². The van der Waals surface area contributed by atoms with Gasteiger partial charge in [-0.2, -0.15) is 0 Å². The van der Waals surface area contributed by atoms with E-state index in [9.17, 15) is 9.59 Å². The molecule has 0 atom stereocenters. The average molecular weight is 365 g/mol. The maximum Gasteiger partial charge on any atom is 0.269 e. The third kappa shape index (κ3) is 3.46. The normalized spacial score (nSPS) is 13.5. The van der Waals surface area contributed by atoms with Crippen LogP contribution in [0.25, 0.3) is 10.9 Å². The van der Waals surface area contributed by atoms with Gasteiger partial charge in [0.2, 0.25) is 5.91 Å². The first-order valence-electron chi connectivity index (χ1n) is 8.68. The summed E-state index contributed by atoms with van der Waals surface area (Å²) in [5.41, 5.74) is 2.41. The molecule has 3 heterocycles. The Hall–Kier alpha value is -2.73. The second-order valence-corrected chi connectivity index (χ2v) is 7.33. The van der Waals surface area contributed by atoms with Crippen molar-refractivity contribution in [1.29, 1.82) is 0 Å². The predicted octanol–water partition coefficient (Wildman–Crippen LogP) is 3.00. The van der Waals surface area contributed by atoms with Crippen LogP contribution in [0.2, 0.25) is 0 Å². The third-order valence-corrected chi connectivity index (χ3v) is 5.64. The van der Waals surface area contributed by atoms with Crippen LogP contribution in [0.5, 0.6) is 0 Å². The quantitative estimate of drug-likeness (QED) is 0.773. The summed E-state index contributed by atoms with van der Waals surface area (Å²) >= 11 is 1.76. The molecule has 3 aromatic rings. The molecule has 0 saturated heterocycles. The molecule has 1 aliphatic heterocycles. The fraction of sp³-hybridized carbons (Fsp3) is 0.250. The number of hydrogen-bond acceptors (Lipinski definition) is 4. The van der Waals surface area contributed by atoms with Crippen molar-refractivity contribution in [3.05, 3.63) is 64.0 Å². The Kier molecular flexibility index (Phi) is 4.67. The molecule has 0 spiro atoms. The molecular weight excluding hydrogens is 346 g/mol. The van der Waals surface area contributed by atoms with Gasteiger partial charge < -0.3 is 10.2 Å². The molecule has 6 heteroatoms. The molecule has 0 radical (unpaired) electrons. The lowest BCUT2D eigenvalue weighted by Crippen LogP contribution is -2.37. The SMILES string of the molecule is O=C(NCCC(=O)N1CCc2sccc2C1)c1ccc2ccccc2n1. The number of aromatic nitrogens is 1. The number of pyridine rings is 1. The van der Waals surface area contributed by atoms with Gasteiger partial charge in [-0.05, 0) is 35.6 Å². The van der Waals surface area contributed by atoms with Gasteiger partial charge in [-0.15, -0.1) is 11.3 Å². The van der Waals surface area contributed by atoms with Crippen LogP contribution in [-0.2, 0) is 17.8 Å². The average Bonchev–Trinajstić information content (AvgIpc) is 3.15. The monoisotopic (exact) mass is 365 g/mol. The third-order valence-electron chi connectivity index (χ3n) is 4.62. The van der Waals surface area contributed by atoms with Crippen molar-refractivity contribution < 1.29 is 9.59 Å². The minimum absolute atomic E-state index is 0.0774. The van der Waals surface area contributed by atoms with E-state index in [-0.39, 0.29) is 11.8 Å². The molecule has 1 aromatic carbocycles. The van der Waals surface area contributed by atoms with Crippen molar-refractivity contribution in [1.82, 2.24) is 15.2 Å². The number of nitrogens with one attached hydrogen (secondary N) is 1. The number of nitrogens with zero attached hydrogens (tertiary/aromatic N) is 2. The molecule has 1 N–H and O–H groups in total. The van der Waals surface area contributed by atoms with E-state index in [4.69, 9.17) is 0 Å². The lowest BCUT2D eigenvalue weighted by Gasteiger charge is -2.27. The van der Waals surface area contributed by atoms with Gasteiger partial charge in [-0.1, -0.05) is 24.3 Å². The fourth-order valence-corrected chi connectivity index (χ4v) is 4.08. The summed E-state index contributed by atoms with van der Waals surface area (Å²) in [5.74, 6) is -0.170. The molecular formula is C20H19N3O2S. The van der Waals surface area contributed by atoms with Crippen molar-refractivity contribution in [2.24, 2.45) is 0 Å². The Labute approximate surface area is 155 Å². The molecule has 4 rings (SSSR count). The molecule has 26 heavy (non-hydrogen) atoms. The first-order chi connectivity index (χ1) is 12.7. The van der Waals surface area contributed by atoms with E-state index in [1.165, 1.54) is 10.4 Å². The van der Waals surface area contributed by atoms with Gasteiger partial charge >= 0.3 is 0 Å². The first kappa shape index (κ1) is 16.7. The minimum Gasteiger partial charge on any atom is -0.350 e. The highest BCUT2D eigenvalue weighted by Crippen LogP contribution is 2.24. The number of benzene rings is 1. The zero-order chi connectivity index (χ0) is 17.9. The molecule has 1 aliphatic rings. The maximum absolute atomic E-state index is 12.4. The first-order valence-corrected chi connectivity index (χ1v) is 9.56. The fourth-order valence-electron chi connectivity index (χ4n) is 3.19. The maximum atomic E-state index is 12.4. The molecule has 2 aromatic heterocycles. The Morgan fingerprint density at radius 3 is 2.96 bits per heavy atom. The van der Waals surface area contributed by atoms with Crippen LogP contribution in [0.1, 0.15) is 27.3 Å². The lowest BCUT2D eigenvalue weighted by molar-refractivity contribution is -0.131. The van der Waals surface area contributed by atoms with Crippen LogP contribution in [-0.4, -0.2) is 34.8 Å². The molecule has 0 saturated carbocycles. The van der Waals surface area contributed by atoms with E-state index < -0.39 is 0 Å². The molecule has 0 unspecified atom stereocenters. The summed E-state index contributed by atoms with van der Waals surface area (Å²) in [5, 5.41) is 5.88. The van der Waals surface area contributed by atoms with E-state index in [0.29, 0.717) is 25.2 Å². The molecule has 132 valence electrons. The number of para-hydroxylation sites is 1. The van der Waals surface area contributed by atoms with Gasteiger partial charge in [-0.25, -0.2) is 4.98 Å². The highest BCUT2D eigenvalue weighted by Gasteiger charge is 2.21. The summed E-state index contributed by atoms with van der Waals surface area (Å²) in [6, 6.07) is 13.4. The predicted molar refractivity (Wildman–Crippen MR) is 102 cm³/mol. The number of fused-ring (bicyclic) bond motifs is 2. The zero-order valence-electron chi connectivity index (χ0n) is 14.3. The topological polar surface area (TPSA) is 62.3 Å². The van der Waals surface area contributed by atoms with Crippen LogP contribution in [0, 0.1) is 0 Å². The molecule has 5 nitrogen and oxygen atoms in total. The van der Waals surface area contributed by atoms with Crippen molar-refractivity contribution in [2.75, 3.05) is 13.1 Å². The van der Waals surface area contributed by atoms with Crippen LogP contribution in [0.3, 0.4) is 0 Å². The molecule has 0 fully saturated rings. The van der Waals surface area contributed by atoms with E-state index in [2.05, 4.69) is 21.7 Å². The number of thiophene rings is 1. The molecule has 0 aliphatic carbocycles. The van der Waals surface area contributed by atoms with Crippen molar-refractivity contribution >= 4 is 34.1 Å². The summed E-state index contributed by atoms with van der Waals surface area (Å²) in [4.78, 5) is 32.3. The summed E-state index contributed by atoms with van der Waals surface area (Å²) < 4.78 is 0. The van der Waals surface area contributed by atoms with Gasteiger partial charge in [-0.3, -0.25) is 9.59 Å². The van der Waals surface area contributed by atoms with Gasteiger partial charge in [0.25, 0.3) is 5.91 Å². The second kappa shape index (κ2) is 7.25. The summed E-state index contributed by atoms with van der Waals surface area (Å²) in [6.07, 6.45) is 1.23. The van der Waals surface area contributed by atoms with Crippen LogP contribution < -0.4 is 5.32 Å². The Morgan fingerprint density at radius 2 is 2.04 bits per heavy atom. The Bertz CT molecular complexity index is 966. The number of amides is 2. The van der Waals surface area contributed by atoms with Crippen LogP contribution >= 0.6 is 11.3 Å². The Balaban J connectivity index is 1.31. The molecule has 2 amide bonds. The number of carbonyl (C=O) groups is 2. The van der Waals surface area contributed by atoms with E-state index in [1.807, 2.05) is 35.2 Å². The standard InChI is InChI=1S/C20H19N3O2S/c24-19(23-11-8-18-15(13-23)9-12-26-18)7-10-21-20(25)17-6-5-14-3-1-2-4-16(14)22-17/h1-6,9,12H,7-8,10-11,13H2,(H,21,25). The van der Waals surface area contributed by atoms with Gasteiger partial charge in [0, 0.05) is 36.3 Å². The lowest BCUT2D eigenvalue weighted by atomic mass is 10.1. The van der Waals surface area contributed by atoms with Gasteiger partial charge in [0.1, 0.15) is 5.69 Å². The molecule has 0 bridgehead atoms. The highest BCUT2D eigenvalue weighted by atomic mass is 32.1. The van der Waals surface area contributed by atoms with Crippen molar-refractivity contribution in [2.45, 2.75) is 19.4 Å². The van der Waals surface area contributed by atoms with Gasteiger partial charge in [0.15, 0.2) is 0 Å². The Morgan fingerprint density at radius 1 is 1.15 bits per heavy atom. The van der Waals surface area contributed by atoms with Crippen molar-refractivity contribution in [3.8, 4) is 0 Å². The van der Waals surface area contributed by atoms with E-state index in [0.717, 1.165) is 23.9 Å². The largest absolute Gasteiger partial charge is 0.350 e. The summed E-state index contributed by atoms with van der Waals surface area (Å²) in [6.45, 7) is 1.75.